The number of aliphatic hydroxyl groups is 2. The van der Waals surface area contributed by atoms with Gasteiger partial charge < -0.3 is 10.2 Å². The normalized spacial score (nSPS) is 16.0. The first kappa shape index (κ1) is 10.3. The van der Waals surface area contributed by atoms with Crippen LogP contribution in [0.1, 0.15) is 11.0 Å². The number of thiol groups is 1. The van der Waals surface area contributed by atoms with Gasteiger partial charge in [0.15, 0.2) is 0 Å². The van der Waals surface area contributed by atoms with Gasteiger partial charge in [0.2, 0.25) is 0 Å². The maximum absolute atomic E-state index is 9.49. The van der Waals surface area contributed by atoms with Crippen LogP contribution in [0.2, 0.25) is 5.02 Å². The second-order valence-electron chi connectivity index (χ2n) is 2.33. The van der Waals surface area contributed by atoms with E-state index in [1.54, 1.807) is 11.4 Å². The predicted molar refractivity (Wildman–Crippen MR) is 54.1 cm³/mol. The van der Waals surface area contributed by atoms with Gasteiger partial charge in [-0.3, -0.25) is 0 Å². The predicted octanol–water partition coefficient (Wildman–Crippen LogP) is 1.73. The molecule has 1 heterocycles. The summed E-state index contributed by atoms with van der Waals surface area (Å²) < 4.78 is 0. The van der Waals surface area contributed by atoms with E-state index in [9.17, 15) is 10.2 Å². The van der Waals surface area contributed by atoms with Crippen LogP contribution in [-0.2, 0) is 0 Å². The van der Waals surface area contributed by atoms with E-state index >= 15 is 0 Å². The highest BCUT2D eigenvalue weighted by molar-refractivity contribution is 7.80. The summed E-state index contributed by atoms with van der Waals surface area (Å²) in [5.74, 6) is 0.218. The molecule has 1 rings (SSSR count). The molecule has 0 aromatic carbocycles. The Morgan fingerprint density at radius 1 is 1.58 bits per heavy atom. The smallest absolute Gasteiger partial charge is 0.116 e. The molecule has 0 aliphatic heterocycles. The van der Waals surface area contributed by atoms with Crippen molar-refractivity contribution in [2.45, 2.75) is 12.2 Å². The van der Waals surface area contributed by atoms with Crippen LogP contribution in [0, 0.1) is 0 Å². The molecule has 2 nitrogen and oxygen atoms in total. The molecule has 0 aliphatic carbocycles. The van der Waals surface area contributed by atoms with E-state index < -0.39 is 12.2 Å². The highest BCUT2D eigenvalue weighted by Crippen LogP contribution is 2.30. The Hall–Kier alpha value is 0.260. The largest absolute Gasteiger partial charge is 0.389 e. The molecule has 12 heavy (non-hydrogen) atoms. The molecule has 0 radical (unpaired) electrons. The number of thiophene rings is 1. The van der Waals surface area contributed by atoms with Crippen molar-refractivity contribution in [2.24, 2.45) is 0 Å². The van der Waals surface area contributed by atoms with Gasteiger partial charge >= 0.3 is 0 Å². The summed E-state index contributed by atoms with van der Waals surface area (Å²) in [7, 11) is 0. The molecular weight excluding hydrogens is 216 g/mol. The molecular formula is C7H9ClO2S2. The Labute approximate surface area is 85.2 Å². The van der Waals surface area contributed by atoms with Crippen LogP contribution in [-0.4, -0.2) is 22.1 Å². The summed E-state index contributed by atoms with van der Waals surface area (Å²) in [4.78, 5) is 0.596. The standard InChI is InChI=1S/C7H9ClO2S2/c8-4-1-2-12-7(4)6(10)5(9)3-11/h1-2,5-6,9-11H,3H2. The number of rotatable bonds is 3. The zero-order valence-electron chi connectivity index (χ0n) is 6.14. The number of hydrogen-bond acceptors (Lipinski definition) is 4. The quantitative estimate of drug-likeness (QED) is 0.685. The van der Waals surface area contributed by atoms with E-state index in [1.807, 2.05) is 0 Å². The van der Waals surface area contributed by atoms with Gasteiger partial charge in [-0.2, -0.15) is 12.6 Å². The van der Waals surface area contributed by atoms with Crippen LogP contribution < -0.4 is 0 Å². The SMILES string of the molecule is OC(CS)C(O)c1sccc1Cl. The first-order valence-corrected chi connectivity index (χ1v) is 5.25. The highest BCUT2D eigenvalue weighted by atomic mass is 35.5. The molecule has 0 bridgehead atoms. The summed E-state index contributed by atoms with van der Waals surface area (Å²) in [6.45, 7) is 0. The minimum Gasteiger partial charge on any atom is -0.389 e. The maximum atomic E-state index is 9.49. The first-order valence-electron chi connectivity index (χ1n) is 3.36. The van der Waals surface area contributed by atoms with Crippen LogP contribution in [0.4, 0.5) is 0 Å². The summed E-state index contributed by atoms with van der Waals surface area (Å²) >= 11 is 10.9. The number of aliphatic hydroxyl groups excluding tert-OH is 2. The van der Waals surface area contributed by atoms with Crippen molar-refractivity contribution in [1.82, 2.24) is 0 Å². The average Bonchev–Trinajstić information content (AvgIpc) is 2.48. The molecule has 0 spiro atoms. The van der Waals surface area contributed by atoms with Crippen molar-refractivity contribution >= 4 is 35.6 Å². The summed E-state index contributed by atoms with van der Waals surface area (Å²) in [6, 6.07) is 1.69. The van der Waals surface area contributed by atoms with Gasteiger partial charge in [0, 0.05) is 5.75 Å². The molecule has 1 aromatic heterocycles. The topological polar surface area (TPSA) is 40.5 Å². The summed E-state index contributed by atoms with van der Waals surface area (Å²) in [5, 5.41) is 21.0. The molecule has 1 aromatic rings. The first-order chi connectivity index (χ1) is 5.66. The van der Waals surface area contributed by atoms with E-state index in [4.69, 9.17) is 11.6 Å². The van der Waals surface area contributed by atoms with E-state index in [0.29, 0.717) is 9.90 Å². The third kappa shape index (κ3) is 2.14. The lowest BCUT2D eigenvalue weighted by molar-refractivity contribution is 0.0361. The molecule has 2 unspecified atom stereocenters. The Morgan fingerprint density at radius 3 is 2.67 bits per heavy atom. The van der Waals surface area contributed by atoms with Gasteiger partial charge in [0.05, 0.1) is 16.0 Å². The van der Waals surface area contributed by atoms with Crippen molar-refractivity contribution in [2.75, 3.05) is 5.75 Å². The monoisotopic (exact) mass is 224 g/mol. The van der Waals surface area contributed by atoms with Gasteiger partial charge in [-0.05, 0) is 11.4 Å². The van der Waals surface area contributed by atoms with Crippen molar-refractivity contribution < 1.29 is 10.2 Å². The van der Waals surface area contributed by atoms with E-state index in [2.05, 4.69) is 12.6 Å². The third-order valence-electron chi connectivity index (χ3n) is 1.46. The van der Waals surface area contributed by atoms with E-state index in [-0.39, 0.29) is 5.75 Å². The molecule has 2 atom stereocenters. The molecule has 0 saturated carbocycles. The summed E-state index contributed by atoms with van der Waals surface area (Å²) in [6.07, 6.45) is -1.78. The second-order valence-corrected chi connectivity index (χ2v) is 4.05. The van der Waals surface area contributed by atoms with E-state index in [1.165, 1.54) is 11.3 Å². The molecule has 5 heteroatoms. The number of halogens is 1. The molecule has 0 amide bonds. The Bertz CT molecular complexity index is 251. The number of hydrogen-bond donors (Lipinski definition) is 3. The molecule has 0 saturated heterocycles. The van der Waals surface area contributed by atoms with Crippen LogP contribution in [0.25, 0.3) is 0 Å². The maximum Gasteiger partial charge on any atom is 0.116 e. The fourth-order valence-electron chi connectivity index (χ4n) is 0.791. The molecule has 2 N–H and O–H groups in total. The minimum atomic E-state index is -0.921. The fraction of sp³-hybridized carbons (Fsp3) is 0.429. The van der Waals surface area contributed by atoms with Gasteiger partial charge in [-0.1, -0.05) is 11.6 Å². The lowest BCUT2D eigenvalue weighted by Gasteiger charge is -2.14. The zero-order valence-corrected chi connectivity index (χ0v) is 8.61. The average molecular weight is 225 g/mol. The Morgan fingerprint density at radius 2 is 2.25 bits per heavy atom. The van der Waals surface area contributed by atoms with Crippen LogP contribution in [0.3, 0.4) is 0 Å². The third-order valence-corrected chi connectivity index (χ3v) is 3.27. The minimum absolute atomic E-state index is 0.218. The van der Waals surface area contributed by atoms with Crippen molar-refractivity contribution in [3.63, 3.8) is 0 Å². The van der Waals surface area contributed by atoms with Gasteiger partial charge in [-0.15, -0.1) is 11.3 Å². The Kier molecular flexibility index (Phi) is 3.86. The van der Waals surface area contributed by atoms with Gasteiger partial charge in [0.25, 0.3) is 0 Å². The second kappa shape index (κ2) is 4.48. The molecule has 68 valence electrons. The lowest BCUT2D eigenvalue weighted by Crippen LogP contribution is -2.18. The van der Waals surface area contributed by atoms with Crippen LogP contribution >= 0.6 is 35.6 Å². The van der Waals surface area contributed by atoms with Crippen LogP contribution in [0.15, 0.2) is 11.4 Å². The van der Waals surface area contributed by atoms with Gasteiger partial charge in [0.1, 0.15) is 6.10 Å². The van der Waals surface area contributed by atoms with Gasteiger partial charge in [-0.25, -0.2) is 0 Å². The van der Waals surface area contributed by atoms with Crippen molar-refractivity contribution in [3.8, 4) is 0 Å². The van der Waals surface area contributed by atoms with Crippen LogP contribution in [0.5, 0.6) is 0 Å². The summed E-state index contributed by atoms with van der Waals surface area (Å²) in [5.41, 5.74) is 0. The van der Waals surface area contributed by atoms with E-state index in [0.717, 1.165) is 0 Å². The highest BCUT2D eigenvalue weighted by Gasteiger charge is 2.20. The zero-order chi connectivity index (χ0) is 9.14. The fourth-order valence-corrected chi connectivity index (χ4v) is 2.20. The Balaban J connectivity index is 2.77. The molecule has 0 aliphatic rings. The van der Waals surface area contributed by atoms with Crippen molar-refractivity contribution in [3.05, 3.63) is 21.3 Å². The lowest BCUT2D eigenvalue weighted by atomic mass is 10.2. The molecule has 0 fully saturated rings. The van der Waals surface area contributed by atoms with Crippen molar-refractivity contribution in [1.29, 1.82) is 0 Å².